The first-order chi connectivity index (χ1) is 10.1. The van der Waals surface area contributed by atoms with Crippen LogP contribution in [0.25, 0.3) is 0 Å². The highest BCUT2D eigenvalue weighted by Crippen LogP contribution is 2.34. The van der Waals surface area contributed by atoms with E-state index in [2.05, 4.69) is 4.98 Å². The molecule has 1 N–H and O–H groups in total. The van der Waals surface area contributed by atoms with Gasteiger partial charge in [-0.15, -0.1) is 11.3 Å². The lowest BCUT2D eigenvalue weighted by molar-refractivity contribution is -0.144. The van der Waals surface area contributed by atoms with Crippen LogP contribution in [0, 0.1) is 0 Å². The van der Waals surface area contributed by atoms with Crippen LogP contribution < -0.4 is 0 Å². The van der Waals surface area contributed by atoms with Crippen molar-refractivity contribution in [1.29, 1.82) is 0 Å². The first kappa shape index (κ1) is 14.2. The number of hydrogen-bond donors (Lipinski definition) is 1. The highest BCUT2D eigenvalue weighted by Gasteiger charge is 2.34. The number of imidazole rings is 1. The molecule has 8 heteroatoms. The Labute approximate surface area is 123 Å². The molecule has 1 aliphatic rings. The standard InChI is InChI=1S/C13H13F2N3O2S/c14-13(15)18-5-3-16-10(18)7-17-4-1-9-8(2-6-21-9)11(17)12(19)20/h2-3,5-6,11,13H,1,4,7H2,(H,19,20). The third-order valence-electron chi connectivity index (χ3n) is 3.60. The Morgan fingerprint density at radius 1 is 1.57 bits per heavy atom. The van der Waals surface area contributed by atoms with Crippen molar-refractivity contribution in [2.24, 2.45) is 0 Å². The predicted molar refractivity (Wildman–Crippen MR) is 72.3 cm³/mol. The van der Waals surface area contributed by atoms with Crippen molar-refractivity contribution in [3.8, 4) is 0 Å². The fourth-order valence-electron chi connectivity index (χ4n) is 2.65. The van der Waals surface area contributed by atoms with Crippen LogP contribution in [-0.4, -0.2) is 32.1 Å². The van der Waals surface area contributed by atoms with Gasteiger partial charge in [0.15, 0.2) is 0 Å². The Balaban J connectivity index is 1.88. The van der Waals surface area contributed by atoms with Crippen LogP contribution in [0.4, 0.5) is 8.78 Å². The molecule has 21 heavy (non-hydrogen) atoms. The van der Waals surface area contributed by atoms with E-state index in [1.807, 2.05) is 5.38 Å². The molecule has 3 rings (SSSR count). The Morgan fingerprint density at radius 2 is 2.38 bits per heavy atom. The van der Waals surface area contributed by atoms with Gasteiger partial charge in [-0.05, 0) is 23.4 Å². The number of carboxylic acid groups (broad SMARTS) is 1. The second-order valence-electron chi connectivity index (χ2n) is 4.79. The second kappa shape index (κ2) is 5.53. The summed E-state index contributed by atoms with van der Waals surface area (Å²) in [4.78, 5) is 18.2. The molecule has 0 saturated carbocycles. The van der Waals surface area contributed by atoms with E-state index in [9.17, 15) is 18.7 Å². The van der Waals surface area contributed by atoms with E-state index in [1.165, 1.54) is 23.7 Å². The molecule has 5 nitrogen and oxygen atoms in total. The van der Waals surface area contributed by atoms with Crippen LogP contribution in [-0.2, 0) is 17.8 Å². The van der Waals surface area contributed by atoms with Crippen molar-refractivity contribution in [3.63, 3.8) is 0 Å². The fraction of sp³-hybridized carbons (Fsp3) is 0.385. The maximum atomic E-state index is 12.8. The largest absolute Gasteiger partial charge is 0.480 e. The number of carboxylic acids is 1. The Kier molecular flexibility index (Phi) is 3.73. The quantitative estimate of drug-likeness (QED) is 0.942. The lowest BCUT2D eigenvalue weighted by atomic mass is 10.00. The minimum Gasteiger partial charge on any atom is -0.480 e. The zero-order valence-electron chi connectivity index (χ0n) is 10.9. The van der Waals surface area contributed by atoms with E-state index in [0.717, 1.165) is 21.4 Å². The summed E-state index contributed by atoms with van der Waals surface area (Å²) in [5.74, 6) is -0.792. The molecule has 1 unspecified atom stereocenters. The minimum absolute atomic E-state index is 0.0869. The SMILES string of the molecule is O=C(O)C1c2ccsc2CCN1Cc1nccn1C(F)F. The number of rotatable bonds is 4. The lowest BCUT2D eigenvalue weighted by Crippen LogP contribution is -2.39. The summed E-state index contributed by atoms with van der Waals surface area (Å²) in [6.07, 6.45) is 3.24. The average Bonchev–Trinajstić information content (AvgIpc) is 3.05. The van der Waals surface area contributed by atoms with E-state index in [-0.39, 0.29) is 12.4 Å². The molecule has 0 fully saturated rings. The van der Waals surface area contributed by atoms with Crippen molar-refractivity contribution < 1.29 is 18.7 Å². The molecule has 0 bridgehead atoms. The number of halogens is 2. The topological polar surface area (TPSA) is 58.4 Å². The third-order valence-corrected chi connectivity index (χ3v) is 4.60. The van der Waals surface area contributed by atoms with Crippen molar-refractivity contribution in [2.45, 2.75) is 25.6 Å². The molecule has 1 atom stereocenters. The first-order valence-corrected chi connectivity index (χ1v) is 7.29. The van der Waals surface area contributed by atoms with Gasteiger partial charge in [-0.3, -0.25) is 14.3 Å². The van der Waals surface area contributed by atoms with Gasteiger partial charge in [0.25, 0.3) is 0 Å². The molecule has 0 aromatic carbocycles. The molecule has 2 aromatic heterocycles. The van der Waals surface area contributed by atoms with Crippen LogP contribution in [0.3, 0.4) is 0 Å². The normalized spacial score (nSPS) is 18.9. The summed E-state index contributed by atoms with van der Waals surface area (Å²) >= 11 is 1.53. The monoisotopic (exact) mass is 313 g/mol. The Morgan fingerprint density at radius 3 is 3.10 bits per heavy atom. The lowest BCUT2D eigenvalue weighted by Gasteiger charge is -2.32. The maximum Gasteiger partial charge on any atom is 0.325 e. The number of hydrogen-bond acceptors (Lipinski definition) is 4. The highest BCUT2D eigenvalue weighted by atomic mass is 32.1. The number of nitrogens with zero attached hydrogens (tertiary/aromatic N) is 3. The summed E-state index contributed by atoms with van der Waals surface area (Å²) in [7, 11) is 0. The van der Waals surface area contributed by atoms with Crippen LogP contribution in [0.1, 0.15) is 28.9 Å². The summed E-state index contributed by atoms with van der Waals surface area (Å²) < 4.78 is 26.5. The Hall–Kier alpha value is -1.80. The minimum atomic E-state index is -2.67. The summed E-state index contributed by atoms with van der Waals surface area (Å²) in [6, 6.07) is 0.993. The van der Waals surface area contributed by atoms with E-state index >= 15 is 0 Å². The molecule has 0 saturated heterocycles. The number of carbonyl (C=O) groups is 1. The smallest absolute Gasteiger partial charge is 0.325 e. The molecule has 1 aliphatic heterocycles. The van der Waals surface area contributed by atoms with Crippen LogP contribution in [0.2, 0.25) is 0 Å². The molecule has 2 aromatic rings. The van der Waals surface area contributed by atoms with Gasteiger partial charge >= 0.3 is 12.5 Å². The highest BCUT2D eigenvalue weighted by molar-refractivity contribution is 7.10. The van der Waals surface area contributed by atoms with Gasteiger partial charge in [0.1, 0.15) is 11.9 Å². The molecule has 0 radical (unpaired) electrons. The van der Waals surface area contributed by atoms with E-state index in [0.29, 0.717) is 6.54 Å². The fourth-order valence-corrected chi connectivity index (χ4v) is 3.56. The van der Waals surface area contributed by atoms with E-state index < -0.39 is 18.6 Å². The van der Waals surface area contributed by atoms with Crippen LogP contribution in [0.5, 0.6) is 0 Å². The molecule has 3 heterocycles. The van der Waals surface area contributed by atoms with Gasteiger partial charge < -0.3 is 5.11 Å². The first-order valence-electron chi connectivity index (χ1n) is 6.41. The van der Waals surface area contributed by atoms with E-state index in [4.69, 9.17) is 0 Å². The number of fused-ring (bicyclic) bond motifs is 1. The maximum absolute atomic E-state index is 12.8. The van der Waals surface area contributed by atoms with Crippen molar-refractivity contribution in [2.75, 3.05) is 6.54 Å². The van der Waals surface area contributed by atoms with Gasteiger partial charge in [0.05, 0.1) is 6.54 Å². The van der Waals surface area contributed by atoms with E-state index in [1.54, 1.807) is 11.0 Å². The molecule has 0 aliphatic carbocycles. The summed E-state index contributed by atoms with van der Waals surface area (Å²) in [5.41, 5.74) is 0.758. The summed E-state index contributed by atoms with van der Waals surface area (Å²) in [6.45, 7) is -2.07. The molecule has 112 valence electrons. The average molecular weight is 313 g/mol. The zero-order chi connectivity index (χ0) is 15.0. The summed E-state index contributed by atoms with van der Waals surface area (Å²) in [5, 5.41) is 11.3. The number of aliphatic carboxylic acids is 1. The Bertz CT molecular complexity index is 655. The number of alkyl halides is 2. The van der Waals surface area contributed by atoms with Crippen molar-refractivity contribution >= 4 is 17.3 Å². The van der Waals surface area contributed by atoms with Crippen LogP contribution in [0.15, 0.2) is 23.8 Å². The predicted octanol–water partition coefficient (Wildman–Crippen LogP) is 2.52. The van der Waals surface area contributed by atoms with Gasteiger partial charge in [-0.1, -0.05) is 0 Å². The van der Waals surface area contributed by atoms with Gasteiger partial charge in [0, 0.05) is 23.8 Å². The van der Waals surface area contributed by atoms with Crippen molar-refractivity contribution in [1.82, 2.24) is 14.5 Å². The van der Waals surface area contributed by atoms with Gasteiger partial charge in [-0.2, -0.15) is 8.78 Å². The number of thiophene rings is 1. The molecule has 0 spiro atoms. The zero-order valence-corrected chi connectivity index (χ0v) is 11.8. The van der Waals surface area contributed by atoms with Gasteiger partial charge in [-0.25, -0.2) is 4.98 Å². The van der Waals surface area contributed by atoms with Crippen LogP contribution >= 0.6 is 11.3 Å². The third kappa shape index (κ3) is 2.56. The molecular formula is C13H13F2N3O2S. The van der Waals surface area contributed by atoms with Crippen molar-refractivity contribution in [3.05, 3.63) is 40.1 Å². The second-order valence-corrected chi connectivity index (χ2v) is 5.79. The molecule has 0 amide bonds. The van der Waals surface area contributed by atoms with Gasteiger partial charge in [0.2, 0.25) is 0 Å². The molecular weight excluding hydrogens is 300 g/mol. The number of aromatic nitrogens is 2.